The van der Waals surface area contributed by atoms with Crippen LogP contribution in [0.15, 0.2) is 23.1 Å². The van der Waals surface area contributed by atoms with Gasteiger partial charge in [0.1, 0.15) is 0 Å². The van der Waals surface area contributed by atoms with Crippen LogP contribution in [0, 0.1) is 5.41 Å². The number of hydrogen-bond donors (Lipinski definition) is 1. The van der Waals surface area contributed by atoms with Gasteiger partial charge in [0.2, 0.25) is 5.91 Å². The largest absolute Gasteiger partial charge is 0.490 e. The second-order valence-electron chi connectivity index (χ2n) is 6.88. The van der Waals surface area contributed by atoms with Gasteiger partial charge in [-0.05, 0) is 30.2 Å². The first-order chi connectivity index (χ1) is 11.4. The van der Waals surface area contributed by atoms with Crippen molar-refractivity contribution in [1.82, 2.24) is 4.90 Å². The molecule has 7 heteroatoms. The van der Waals surface area contributed by atoms with E-state index in [1.54, 1.807) is 16.7 Å². The molecule has 1 heterocycles. The highest BCUT2D eigenvalue weighted by atomic mass is 35.5. The lowest BCUT2D eigenvalue weighted by molar-refractivity contribution is -0.130. The Morgan fingerprint density at radius 3 is 2.64 bits per heavy atom. The number of thioether (sulfide) groups is 1. The molecule has 0 bridgehead atoms. The van der Waals surface area contributed by atoms with Crippen LogP contribution in [0.25, 0.3) is 0 Å². The monoisotopic (exact) mass is 388 g/mol. The molecule has 0 spiro atoms. The fraction of sp³-hybridized carbons (Fsp3) is 0.611. The van der Waals surface area contributed by atoms with Gasteiger partial charge < -0.3 is 20.1 Å². The van der Waals surface area contributed by atoms with Crippen molar-refractivity contribution in [2.24, 2.45) is 11.1 Å². The average molecular weight is 389 g/mol. The van der Waals surface area contributed by atoms with E-state index in [0.717, 1.165) is 28.6 Å². The SMILES string of the molecule is CN(CC(C)(C)CN)C(=O)CCSc1ccc2c(c1)OCCCO2.Cl. The maximum absolute atomic E-state index is 12.2. The van der Waals surface area contributed by atoms with E-state index in [0.29, 0.717) is 32.7 Å². The highest BCUT2D eigenvalue weighted by Crippen LogP contribution is 2.34. The van der Waals surface area contributed by atoms with E-state index in [-0.39, 0.29) is 23.7 Å². The van der Waals surface area contributed by atoms with Gasteiger partial charge in [0.25, 0.3) is 0 Å². The van der Waals surface area contributed by atoms with Gasteiger partial charge in [-0.2, -0.15) is 0 Å². The molecule has 2 rings (SSSR count). The van der Waals surface area contributed by atoms with Crippen LogP contribution < -0.4 is 15.2 Å². The molecule has 0 atom stereocenters. The van der Waals surface area contributed by atoms with Crippen molar-refractivity contribution in [1.29, 1.82) is 0 Å². The zero-order valence-corrected chi connectivity index (χ0v) is 16.9. The first kappa shape index (κ1) is 21.9. The molecule has 0 aliphatic carbocycles. The summed E-state index contributed by atoms with van der Waals surface area (Å²) in [5.74, 6) is 2.49. The molecule has 5 nitrogen and oxygen atoms in total. The molecule has 0 saturated carbocycles. The molecular formula is C18H29ClN2O3S. The van der Waals surface area contributed by atoms with E-state index in [1.165, 1.54) is 0 Å². The molecule has 1 amide bonds. The predicted octanol–water partition coefficient (Wildman–Crippen LogP) is 3.20. The highest BCUT2D eigenvalue weighted by Gasteiger charge is 2.21. The number of hydrogen-bond acceptors (Lipinski definition) is 5. The van der Waals surface area contributed by atoms with Crippen LogP contribution in [0.5, 0.6) is 11.5 Å². The number of benzene rings is 1. The fourth-order valence-corrected chi connectivity index (χ4v) is 3.34. The zero-order valence-electron chi connectivity index (χ0n) is 15.2. The number of carbonyl (C=O) groups is 1. The Bertz CT molecular complexity index is 569. The van der Waals surface area contributed by atoms with E-state index >= 15 is 0 Å². The summed E-state index contributed by atoms with van der Waals surface area (Å²) in [5, 5.41) is 0. The number of fused-ring (bicyclic) bond motifs is 1. The van der Waals surface area contributed by atoms with E-state index in [9.17, 15) is 4.79 Å². The minimum Gasteiger partial charge on any atom is -0.490 e. The number of amides is 1. The normalized spacial score (nSPS) is 13.6. The number of nitrogens with two attached hydrogens (primary N) is 1. The topological polar surface area (TPSA) is 64.8 Å². The second-order valence-corrected chi connectivity index (χ2v) is 8.04. The maximum Gasteiger partial charge on any atom is 0.223 e. The van der Waals surface area contributed by atoms with Crippen molar-refractivity contribution in [3.8, 4) is 11.5 Å². The Morgan fingerprint density at radius 2 is 1.96 bits per heavy atom. The first-order valence-corrected chi connectivity index (χ1v) is 9.36. The second kappa shape index (κ2) is 10.1. The molecule has 0 aromatic heterocycles. The quantitative estimate of drug-likeness (QED) is 0.726. The summed E-state index contributed by atoms with van der Waals surface area (Å²) < 4.78 is 11.3. The minimum atomic E-state index is -0.0497. The molecule has 1 aromatic rings. The molecule has 1 aromatic carbocycles. The summed E-state index contributed by atoms with van der Waals surface area (Å²) in [7, 11) is 1.85. The van der Waals surface area contributed by atoms with Crippen LogP contribution in [0.1, 0.15) is 26.7 Å². The Hall–Kier alpha value is -1.11. The van der Waals surface area contributed by atoms with Gasteiger partial charge in [0.15, 0.2) is 11.5 Å². The van der Waals surface area contributed by atoms with Crippen LogP contribution in [0.3, 0.4) is 0 Å². The number of ether oxygens (including phenoxy) is 2. The van der Waals surface area contributed by atoms with E-state index < -0.39 is 0 Å². The average Bonchev–Trinajstić information content (AvgIpc) is 2.79. The van der Waals surface area contributed by atoms with Crippen molar-refractivity contribution < 1.29 is 14.3 Å². The van der Waals surface area contributed by atoms with Crippen molar-refractivity contribution in [2.45, 2.75) is 31.6 Å². The van der Waals surface area contributed by atoms with Gasteiger partial charge in [-0.25, -0.2) is 0 Å². The van der Waals surface area contributed by atoms with Crippen LogP contribution in [0.4, 0.5) is 0 Å². The van der Waals surface area contributed by atoms with Gasteiger partial charge in [-0.3, -0.25) is 4.79 Å². The third-order valence-corrected chi connectivity index (χ3v) is 4.94. The predicted molar refractivity (Wildman–Crippen MR) is 105 cm³/mol. The molecule has 1 aliphatic heterocycles. The molecule has 0 radical (unpaired) electrons. The Kier molecular flexibility index (Phi) is 8.89. The van der Waals surface area contributed by atoms with E-state index in [1.807, 2.05) is 25.2 Å². The minimum absolute atomic E-state index is 0. The summed E-state index contributed by atoms with van der Waals surface area (Å²) in [6.07, 6.45) is 1.41. The molecule has 0 fully saturated rings. The Balaban J connectivity index is 0.00000312. The van der Waals surface area contributed by atoms with Gasteiger partial charge in [-0.1, -0.05) is 13.8 Å². The number of nitrogens with zero attached hydrogens (tertiary/aromatic N) is 1. The third kappa shape index (κ3) is 6.96. The number of rotatable bonds is 7. The van der Waals surface area contributed by atoms with Crippen molar-refractivity contribution in [3.05, 3.63) is 18.2 Å². The maximum atomic E-state index is 12.2. The molecule has 2 N–H and O–H groups in total. The first-order valence-electron chi connectivity index (χ1n) is 8.38. The van der Waals surface area contributed by atoms with Crippen molar-refractivity contribution >= 4 is 30.1 Å². The van der Waals surface area contributed by atoms with Crippen LogP contribution in [0.2, 0.25) is 0 Å². The Labute approximate surface area is 161 Å². The number of carbonyl (C=O) groups excluding carboxylic acids is 1. The molecule has 0 saturated heterocycles. The lowest BCUT2D eigenvalue weighted by Gasteiger charge is -2.29. The molecule has 25 heavy (non-hydrogen) atoms. The zero-order chi connectivity index (χ0) is 17.6. The summed E-state index contributed by atoms with van der Waals surface area (Å²) in [4.78, 5) is 15.1. The summed E-state index contributed by atoms with van der Waals surface area (Å²) >= 11 is 1.66. The van der Waals surface area contributed by atoms with Crippen molar-refractivity contribution in [2.75, 3.05) is 39.1 Å². The van der Waals surface area contributed by atoms with Gasteiger partial charge in [0.05, 0.1) is 13.2 Å². The summed E-state index contributed by atoms with van der Waals surface area (Å²) in [5.41, 5.74) is 5.68. The molecular weight excluding hydrogens is 360 g/mol. The van der Waals surface area contributed by atoms with Crippen LogP contribution >= 0.6 is 24.2 Å². The lowest BCUT2D eigenvalue weighted by Crippen LogP contribution is -2.39. The van der Waals surface area contributed by atoms with Crippen LogP contribution in [-0.2, 0) is 4.79 Å². The summed E-state index contributed by atoms with van der Waals surface area (Å²) in [6, 6.07) is 5.96. The fourth-order valence-electron chi connectivity index (χ4n) is 2.48. The standard InChI is InChI=1S/C18H28N2O3S.ClH/c1-18(2,12-19)13-20(3)17(21)7-10-24-14-5-6-15-16(11-14)23-9-4-8-22-15;/h5-6,11H,4,7-10,12-13,19H2,1-3H3;1H. The highest BCUT2D eigenvalue weighted by molar-refractivity contribution is 7.99. The lowest BCUT2D eigenvalue weighted by atomic mass is 9.93. The van der Waals surface area contributed by atoms with E-state index in [2.05, 4.69) is 13.8 Å². The molecule has 142 valence electrons. The molecule has 1 aliphatic rings. The van der Waals surface area contributed by atoms with E-state index in [4.69, 9.17) is 15.2 Å². The van der Waals surface area contributed by atoms with Crippen molar-refractivity contribution in [3.63, 3.8) is 0 Å². The number of halogens is 1. The summed E-state index contributed by atoms with van der Waals surface area (Å²) in [6.45, 7) is 6.76. The van der Waals surface area contributed by atoms with Gasteiger partial charge in [0, 0.05) is 37.1 Å². The van der Waals surface area contributed by atoms with Gasteiger partial charge >= 0.3 is 0 Å². The molecule has 0 unspecified atom stereocenters. The smallest absolute Gasteiger partial charge is 0.223 e. The van der Waals surface area contributed by atoms with Crippen LogP contribution in [-0.4, -0.2) is 49.9 Å². The Morgan fingerprint density at radius 1 is 1.28 bits per heavy atom. The van der Waals surface area contributed by atoms with Gasteiger partial charge in [-0.15, -0.1) is 24.2 Å². The third-order valence-electron chi connectivity index (χ3n) is 3.95.